The molecule has 0 aromatic heterocycles. The molecule has 0 heterocycles. The van der Waals surface area contributed by atoms with Crippen LogP contribution in [-0.4, -0.2) is 10.7 Å². The molecule has 21 heavy (non-hydrogen) atoms. The maximum absolute atomic E-state index is 12.3. The second kappa shape index (κ2) is 5.87. The van der Waals surface area contributed by atoms with Gasteiger partial charge in [0.2, 0.25) is 0 Å². The predicted octanol–water partition coefficient (Wildman–Crippen LogP) is 3.95. The predicted molar refractivity (Wildman–Crippen MR) is 81.8 cm³/mol. The monoisotopic (exact) mass is 283 g/mol. The minimum Gasteiger partial charge on any atom is -0.294 e. The summed E-state index contributed by atoms with van der Waals surface area (Å²) in [5, 5.41) is 10.9. The van der Waals surface area contributed by atoms with E-state index in [1.54, 1.807) is 13.0 Å². The van der Waals surface area contributed by atoms with Gasteiger partial charge in [-0.2, -0.15) is 0 Å². The van der Waals surface area contributed by atoms with Crippen LogP contribution in [0.4, 0.5) is 5.69 Å². The molecule has 4 heteroatoms. The number of benzene rings is 2. The lowest BCUT2D eigenvalue weighted by atomic mass is 9.98. The van der Waals surface area contributed by atoms with Crippen LogP contribution >= 0.6 is 0 Å². The molecule has 108 valence electrons. The van der Waals surface area contributed by atoms with Crippen molar-refractivity contribution in [3.8, 4) is 0 Å². The Morgan fingerprint density at radius 2 is 1.76 bits per heavy atom. The molecule has 0 bridgehead atoms. The molecule has 0 spiro atoms. The average Bonchev–Trinajstić information content (AvgIpc) is 2.42. The fraction of sp³-hybridized carbons (Fsp3) is 0.235. The molecule has 2 rings (SSSR count). The normalized spacial score (nSPS) is 10.4. The van der Waals surface area contributed by atoms with Crippen molar-refractivity contribution in [2.75, 3.05) is 0 Å². The molecule has 0 saturated carbocycles. The van der Waals surface area contributed by atoms with Crippen LogP contribution in [0.5, 0.6) is 0 Å². The summed E-state index contributed by atoms with van der Waals surface area (Å²) in [6.07, 6.45) is 0.252. The molecule has 0 aliphatic carbocycles. The third-order valence-corrected chi connectivity index (χ3v) is 3.53. The summed E-state index contributed by atoms with van der Waals surface area (Å²) in [6.45, 7) is 5.77. The average molecular weight is 283 g/mol. The maximum atomic E-state index is 12.3. The van der Waals surface area contributed by atoms with E-state index >= 15 is 0 Å². The highest BCUT2D eigenvalue weighted by molar-refractivity contribution is 5.98. The van der Waals surface area contributed by atoms with E-state index in [1.165, 1.54) is 17.7 Å². The van der Waals surface area contributed by atoms with Crippen molar-refractivity contribution in [2.24, 2.45) is 0 Å². The van der Waals surface area contributed by atoms with Crippen LogP contribution in [0.2, 0.25) is 0 Å². The smallest absolute Gasteiger partial charge is 0.270 e. The molecule has 4 nitrogen and oxygen atoms in total. The van der Waals surface area contributed by atoms with E-state index in [1.807, 2.05) is 32.0 Å². The zero-order valence-corrected chi connectivity index (χ0v) is 12.3. The Bertz CT molecular complexity index is 720. The minimum atomic E-state index is -0.472. The topological polar surface area (TPSA) is 60.2 Å². The molecule has 2 aromatic rings. The van der Waals surface area contributed by atoms with Crippen LogP contribution in [-0.2, 0) is 6.42 Å². The van der Waals surface area contributed by atoms with Crippen molar-refractivity contribution in [2.45, 2.75) is 27.2 Å². The molecule has 0 radical (unpaired) electrons. The number of hydrogen-bond donors (Lipinski definition) is 0. The largest absolute Gasteiger partial charge is 0.294 e. The molecule has 0 saturated heterocycles. The van der Waals surface area contributed by atoms with Crippen LogP contribution in [0.1, 0.15) is 32.6 Å². The van der Waals surface area contributed by atoms with Gasteiger partial charge >= 0.3 is 0 Å². The van der Waals surface area contributed by atoms with Gasteiger partial charge in [-0.05, 0) is 49.1 Å². The molecular weight excluding hydrogens is 266 g/mol. The molecule has 0 amide bonds. The third kappa shape index (κ3) is 3.54. The summed E-state index contributed by atoms with van der Waals surface area (Å²) in [7, 11) is 0. The SMILES string of the molecule is Cc1cc(C(=O)Cc2ccc(C)c(C)c2)cc([N+](=O)[O-])c1. The molecule has 0 unspecified atom stereocenters. The second-order valence-electron chi connectivity index (χ2n) is 5.33. The number of rotatable bonds is 4. The Kier molecular flexibility index (Phi) is 4.17. The third-order valence-electron chi connectivity index (χ3n) is 3.53. The minimum absolute atomic E-state index is 0.0431. The van der Waals surface area contributed by atoms with E-state index in [4.69, 9.17) is 0 Å². The van der Waals surface area contributed by atoms with Gasteiger partial charge in [-0.15, -0.1) is 0 Å². The number of Topliss-reactive ketones (excluding diaryl/α,β-unsaturated/α-hetero) is 1. The van der Waals surface area contributed by atoms with Gasteiger partial charge in [0.1, 0.15) is 0 Å². The summed E-state index contributed by atoms with van der Waals surface area (Å²) >= 11 is 0. The van der Waals surface area contributed by atoms with Crippen LogP contribution in [0, 0.1) is 30.9 Å². The number of ketones is 1. The van der Waals surface area contributed by atoms with Crippen molar-refractivity contribution in [1.82, 2.24) is 0 Å². The summed E-state index contributed by atoms with van der Waals surface area (Å²) in [5.41, 5.74) is 4.30. The number of non-ortho nitro benzene ring substituents is 1. The van der Waals surface area contributed by atoms with Gasteiger partial charge in [0.25, 0.3) is 5.69 Å². The van der Waals surface area contributed by atoms with Gasteiger partial charge in [0.15, 0.2) is 5.78 Å². The Labute approximate surface area is 123 Å². The highest BCUT2D eigenvalue weighted by Crippen LogP contribution is 2.19. The molecular formula is C17H17NO3. The van der Waals surface area contributed by atoms with Crippen molar-refractivity contribution in [3.05, 3.63) is 74.3 Å². The van der Waals surface area contributed by atoms with E-state index in [2.05, 4.69) is 0 Å². The van der Waals surface area contributed by atoms with Crippen molar-refractivity contribution < 1.29 is 9.72 Å². The zero-order valence-electron chi connectivity index (χ0n) is 12.3. The Morgan fingerprint density at radius 1 is 1.05 bits per heavy atom. The number of nitro benzene ring substituents is 1. The summed E-state index contributed by atoms with van der Waals surface area (Å²) in [4.78, 5) is 22.7. The van der Waals surface area contributed by atoms with Crippen molar-refractivity contribution in [3.63, 3.8) is 0 Å². The fourth-order valence-electron chi connectivity index (χ4n) is 2.23. The number of carbonyl (C=O) groups is 1. The van der Waals surface area contributed by atoms with Crippen LogP contribution in [0.15, 0.2) is 36.4 Å². The first-order chi connectivity index (χ1) is 9.86. The van der Waals surface area contributed by atoms with Crippen LogP contribution < -0.4 is 0 Å². The number of aryl methyl sites for hydroxylation is 3. The van der Waals surface area contributed by atoms with E-state index in [0.717, 1.165) is 11.1 Å². The first-order valence-corrected chi connectivity index (χ1v) is 6.72. The van der Waals surface area contributed by atoms with Gasteiger partial charge in [-0.3, -0.25) is 14.9 Å². The number of carbonyl (C=O) groups excluding carboxylic acids is 1. The zero-order chi connectivity index (χ0) is 15.6. The summed E-state index contributed by atoms with van der Waals surface area (Å²) in [6, 6.07) is 10.4. The molecule has 0 N–H and O–H groups in total. The number of nitro groups is 1. The van der Waals surface area contributed by atoms with Crippen molar-refractivity contribution >= 4 is 11.5 Å². The second-order valence-corrected chi connectivity index (χ2v) is 5.33. The molecule has 0 aliphatic rings. The van der Waals surface area contributed by atoms with Gasteiger partial charge in [0.05, 0.1) is 4.92 Å². The first kappa shape index (κ1) is 14.9. The molecule has 2 aromatic carbocycles. The van der Waals surface area contributed by atoms with E-state index in [9.17, 15) is 14.9 Å². The molecule has 0 atom stereocenters. The number of nitrogens with zero attached hydrogens (tertiary/aromatic N) is 1. The van der Waals surface area contributed by atoms with Gasteiger partial charge in [0, 0.05) is 24.1 Å². The van der Waals surface area contributed by atoms with E-state index < -0.39 is 4.92 Å². The lowest BCUT2D eigenvalue weighted by Gasteiger charge is -2.06. The fourth-order valence-corrected chi connectivity index (χ4v) is 2.23. The molecule has 0 aliphatic heterocycles. The Balaban J connectivity index is 2.27. The van der Waals surface area contributed by atoms with Crippen molar-refractivity contribution in [1.29, 1.82) is 0 Å². The van der Waals surface area contributed by atoms with E-state index in [-0.39, 0.29) is 17.9 Å². The lowest BCUT2D eigenvalue weighted by molar-refractivity contribution is -0.384. The summed E-state index contributed by atoms with van der Waals surface area (Å²) in [5.74, 6) is -0.106. The maximum Gasteiger partial charge on any atom is 0.270 e. The van der Waals surface area contributed by atoms with Gasteiger partial charge in [-0.25, -0.2) is 0 Å². The first-order valence-electron chi connectivity index (χ1n) is 6.72. The summed E-state index contributed by atoms with van der Waals surface area (Å²) < 4.78 is 0. The van der Waals surface area contributed by atoms with E-state index in [0.29, 0.717) is 11.1 Å². The Morgan fingerprint density at radius 3 is 2.38 bits per heavy atom. The standard InChI is InChI=1S/C17H17NO3/c1-11-6-15(10-16(7-11)18(20)21)17(19)9-14-5-4-12(2)13(3)8-14/h4-8,10H,9H2,1-3H3. The molecule has 0 fully saturated rings. The van der Waals surface area contributed by atoms with Crippen LogP contribution in [0.3, 0.4) is 0 Å². The van der Waals surface area contributed by atoms with Gasteiger partial charge in [-0.1, -0.05) is 18.2 Å². The number of hydrogen-bond acceptors (Lipinski definition) is 3. The quantitative estimate of drug-likeness (QED) is 0.485. The highest BCUT2D eigenvalue weighted by Gasteiger charge is 2.14. The highest BCUT2D eigenvalue weighted by atomic mass is 16.6. The van der Waals surface area contributed by atoms with Gasteiger partial charge < -0.3 is 0 Å². The lowest BCUT2D eigenvalue weighted by Crippen LogP contribution is -2.05. The Hall–Kier alpha value is -2.49. The van der Waals surface area contributed by atoms with Crippen LogP contribution in [0.25, 0.3) is 0 Å².